The third kappa shape index (κ3) is 2.44. The second-order valence-corrected chi connectivity index (χ2v) is 7.41. The van der Waals surface area contributed by atoms with E-state index in [2.05, 4.69) is 37.7 Å². The fraction of sp³-hybridized carbons (Fsp3) is 0.429. The zero-order valence-electron chi connectivity index (χ0n) is 11.7. The van der Waals surface area contributed by atoms with Gasteiger partial charge in [0.25, 0.3) is 0 Å². The first kappa shape index (κ1) is 13.2. The molecule has 1 aliphatic rings. The Kier molecular flexibility index (Phi) is 3.39. The van der Waals surface area contributed by atoms with E-state index in [1.807, 2.05) is 0 Å². The molecule has 0 atom stereocenters. The Balaban J connectivity index is 1.73. The van der Waals surface area contributed by atoms with Gasteiger partial charge < -0.3 is 4.57 Å². The van der Waals surface area contributed by atoms with Gasteiger partial charge in [0.05, 0.1) is 0 Å². The molecule has 5 nitrogen and oxygen atoms in total. The number of fused-ring (bicyclic) bond motifs is 2. The molecule has 4 rings (SSSR count). The first-order valence-corrected chi connectivity index (χ1v) is 8.75. The maximum Gasteiger partial charge on any atom is 0.197 e. The molecule has 1 aliphatic heterocycles. The summed E-state index contributed by atoms with van der Waals surface area (Å²) in [7, 11) is 0. The Morgan fingerprint density at radius 3 is 3.10 bits per heavy atom. The largest absolute Gasteiger partial charge is 0.306 e. The Morgan fingerprint density at radius 2 is 2.14 bits per heavy atom. The second kappa shape index (κ2) is 5.38. The minimum atomic E-state index is 0.954. The van der Waals surface area contributed by atoms with Crippen LogP contribution in [0.2, 0.25) is 0 Å². The van der Waals surface area contributed by atoms with E-state index in [0.717, 1.165) is 39.2 Å². The second-order valence-electron chi connectivity index (χ2n) is 5.22. The maximum atomic E-state index is 4.44. The van der Waals surface area contributed by atoms with Crippen molar-refractivity contribution in [3.05, 3.63) is 23.1 Å². The quantitative estimate of drug-likeness (QED) is 0.677. The summed E-state index contributed by atoms with van der Waals surface area (Å²) in [6.45, 7) is 3.12. The van der Waals surface area contributed by atoms with Gasteiger partial charge in [0.15, 0.2) is 5.16 Å². The third-order valence-electron chi connectivity index (χ3n) is 3.68. The van der Waals surface area contributed by atoms with Gasteiger partial charge >= 0.3 is 0 Å². The van der Waals surface area contributed by atoms with Crippen LogP contribution in [0.3, 0.4) is 0 Å². The summed E-state index contributed by atoms with van der Waals surface area (Å²) in [5.74, 6) is 1.11. The number of hydrogen-bond donors (Lipinski definition) is 0. The number of thiophene rings is 1. The maximum absolute atomic E-state index is 4.44. The summed E-state index contributed by atoms with van der Waals surface area (Å²) < 4.78 is 2.25. The number of rotatable bonds is 2. The highest BCUT2D eigenvalue weighted by Crippen LogP contribution is 2.34. The molecule has 3 aromatic rings. The first-order valence-electron chi connectivity index (χ1n) is 7.12. The van der Waals surface area contributed by atoms with Crippen molar-refractivity contribution < 1.29 is 0 Å². The first-order chi connectivity index (χ1) is 10.3. The monoisotopic (exact) mass is 317 g/mol. The van der Waals surface area contributed by atoms with Crippen molar-refractivity contribution >= 4 is 33.3 Å². The SMILES string of the molecule is Cc1cc2c(Sc3nnc4n3CCCCC4)ncnc2s1. The van der Waals surface area contributed by atoms with E-state index in [1.165, 1.54) is 24.1 Å². The fourth-order valence-electron chi connectivity index (χ4n) is 2.66. The van der Waals surface area contributed by atoms with Crippen molar-refractivity contribution in [2.24, 2.45) is 0 Å². The standard InChI is InChI=1S/C14H15N5S2/c1-9-7-10-12(20-9)15-8-16-13(10)21-14-18-17-11-5-3-2-4-6-19(11)14/h7-8H,2-6H2,1H3. The van der Waals surface area contributed by atoms with Gasteiger partial charge in [-0.15, -0.1) is 21.5 Å². The van der Waals surface area contributed by atoms with Crippen molar-refractivity contribution in [2.45, 2.75) is 49.3 Å². The predicted molar refractivity (Wildman–Crippen MR) is 83.9 cm³/mol. The van der Waals surface area contributed by atoms with E-state index in [0.29, 0.717) is 0 Å². The van der Waals surface area contributed by atoms with E-state index in [4.69, 9.17) is 0 Å². The Bertz CT molecular complexity index is 792. The molecule has 0 aromatic carbocycles. The van der Waals surface area contributed by atoms with Gasteiger partial charge in [-0.3, -0.25) is 0 Å². The zero-order chi connectivity index (χ0) is 14.2. The molecule has 0 N–H and O–H groups in total. The highest BCUT2D eigenvalue weighted by Gasteiger charge is 2.17. The lowest BCUT2D eigenvalue weighted by Crippen LogP contribution is -2.02. The van der Waals surface area contributed by atoms with Crippen LogP contribution in [0.15, 0.2) is 22.6 Å². The van der Waals surface area contributed by atoms with E-state index in [1.54, 1.807) is 29.4 Å². The molecule has 0 aliphatic carbocycles. The topological polar surface area (TPSA) is 56.5 Å². The van der Waals surface area contributed by atoms with Crippen LogP contribution in [0.5, 0.6) is 0 Å². The number of aromatic nitrogens is 5. The molecule has 0 bridgehead atoms. The summed E-state index contributed by atoms with van der Waals surface area (Å²) in [5, 5.41) is 11.8. The van der Waals surface area contributed by atoms with Crippen LogP contribution in [0.4, 0.5) is 0 Å². The average Bonchev–Trinajstić information content (AvgIpc) is 2.94. The molecule has 7 heteroatoms. The molecular formula is C14H15N5S2. The molecule has 21 heavy (non-hydrogen) atoms. The number of aryl methyl sites for hydroxylation is 2. The highest BCUT2D eigenvalue weighted by molar-refractivity contribution is 7.99. The molecule has 108 valence electrons. The minimum absolute atomic E-state index is 0.954. The number of nitrogens with zero attached hydrogens (tertiary/aromatic N) is 5. The molecule has 0 saturated heterocycles. The lowest BCUT2D eigenvalue weighted by atomic mass is 10.2. The Labute approximate surface area is 130 Å². The molecule has 0 radical (unpaired) electrons. The molecule has 4 heterocycles. The minimum Gasteiger partial charge on any atom is -0.306 e. The molecule has 0 saturated carbocycles. The highest BCUT2D eigenvalue weighted by atomic mass is 32.2. The normalized spacial score (nSPS) is 15.1. The van der Waals surface area contributed by atoms with Crippen molar-refractivity contribution in [1.82, 2.24) is 24.7 Å². The predicted octanol–water partition coefficient (Wildman–Crippen LogP) is 3.47. The van der Waals surface area contributed by atoms with Crippen molar-refractivity contribution in [3.63, 3.8) is 0 Å². The van der Waals surface area contributed by atoms with Crippen LogP contribution in [-0.4, -0.2) is 24.7 Å². The van der Waals surface area contributed by atoms with Gasteiger partial charge in [-0.2, -0.15) is 0 Å². The lowest BCUT2D eigenvalue weighted by Gasteiger charge is -2.06. The number of hydrogen-bond acceptors (Lipinski definition) is 6. The molecule has 0 fully saturated rings. The van der Waals surface area contributed by atoms with Gasteiger partial charge in [0, 0.05) is 23.2 Å². The van der Waals surface area contributed by atoms with Crippen molar-refractivity contribution in [1.29, 1.82) is 0 Å². The summed E-state index contributed by atoms with van der Waals surface area (Å²) in [6.07, 6.45) is 6.36. The van der Waals surface area contributed by atoms with Crippen LogP contribution in [0.25, 0.3) is 10.2 Å². The van der Waals surface area contributed by atoms with Crippen LogP contribution in [-0.2, 0) is 13.0 Å². The van der Waals surface area contributed by atoms with Gasteiger partial charge in [-0.1, -0.05) is 6.42 Å². The summed E-state index contributed by atoms with van der Waals surface area (Å²) in [4.78, 5) is 11.1. The van der Waals surface area contributed by atoms with Crippen LogP contribution in [0, 0.1) is 6.92 Å². The van der Waals surface area contributed by atoms with E-state index in [-0.39, 0.29) is 0 Å². The van der Waals surface area contributed by atoms with Crippen LogP contribution in [0.1, 0.15) is 30.0 Å². The van der Waals surface area contributed by atoms with Gasteiger partial charge in [-0.05, 0) is 37.6 Å². The fourth-order valence-corrected chi connectivity index (χ4v) is 4.49. The van der Waals surface area contributed by atoms with Crippen molar-refractivity contribution in [3.8, 4) is 0 Å². The van der Waals surface area contributed by atoms with E-state index in [9.17, 15) is 0 Å². The molecule has 0 unspecified atom stereocenters. The van der Waals surface area contributed by atoms with Crippen molar-refractivity contribution in [2.75, 3.05) is 0 Å². The third-order valence-corrected chi connectivity index (χ3v) is 5.64. The van der Waals surface area contributed by atoms with Gasteiger partial charge in [-0.25, -0.2) is 9.97 Å². The Hall–Kier alpha value is -1.47. The van der Waals surface area contributed by atoms with Crippen LogP contribution >= 0.6 is 23.1 Å². The summed E-state index contributed by atoms with van der Waals surface area (Å²) in [6, 6.07) is 2.15. The smallest absolute Gasteiger partial charge is 0.197 e. The van der Waals surface area contributed by atoms with Crippen LogP contribution < -0.4 is 0 Å². The molecular weight excluding hydrogens is 302 g/mol. The summed E-state index contributed by atoms with van der Waals surface area (Å²) >= 11 is 3.31. The van der Waals surface area contributed by atoms with E-state index >= 15 is 0 Å². The molecule has 0 amide bonds. The van der Waals surface area contributed by atoms with Gasteiger partial charge in [0.1, 0.15) is 22.0 Å². The summed E-state index contributed by atoms with van der Waals surface area (Å²) in [5.41, 5.74) is 0. The Morgan fingerprint density at radius 1 is 1.19 bits per heavy atom. The molecule has 0 spiro atoms. The van der Waals surface area contributed by atoms with E-state index < -0.39 is 0 Å². The molecule has 3 aromatic heterocycles. The lowest BCUT2D eigenvalue weighted by molar-refractivity contribution is 0.591. The zero-order valence-corrected chi connectivity index (χ0v) is 13.4. The average molecular weight is 317 g/mol. The van der Waals surface area contributed by atoms with Gasteiger partial charge in [0.2, 0.25) is 0 Å².